The first-order valence-electron chi connectivity index (χ1n) is 8.86. The van der Waals surface area contributed by atoms with Crippen LogP contribution >= 0.6 is 11.6 Å². The van der Waals surface area contributed by atoms with Crippen molar-refractivity contribution in [2.45, 2.75) is 13.3 Å². The molecule has 3 aromatic rings. The van der Waals surface area contributed by atoms with Gasteiger partial charge in [-0.05, 0) is 66.9 Å². The van der Waals surface area contributed by atoms with E-state index in [1.54, 1.807) is 36.7 Å². The van der Waals surface area contributed by atoms with Gasteiger partial charge in [0.25, 0.3) is 0 Å². The Morgan fingerprint density at radius 3 is 2.82 bits per heavy atom. The maximum Gasteiger partial charge on any atom is 0.321 e. The van der Waals surface area contributed by atoms with Crippen LogP contribution < -0.4 is 14.8 Å². The van der Waals surface area contributed by atoms with Gasteiger partial charge in [-0.25, -0.2) is 9.97 Å². The molecule has 0 bridgehead atoms. The molecule has 0 saturated carbocycles. The fraction of sp³-hybridized carbons (Fsp3) is 0.190. The van der Waals surface area contributed by atoms with Gasteiger partial charge < -0.3 is 14.8 Å². The van der Waals surface area contributed by atoms with Gasteiger partial charge in [-0.2, -0.15) is 0 Å². The highest BCUT2D eigenvalue weighted by Crippen LogP contribution is 2.31. The van der Waals surface area contributed by atoms with Crippen LogP contribution in [0.15, 0.2) is 54.9 Å². The number of carbonyl (C=O) groups excluding carboxylic acids is 1. The molecule has 1 aliphatic heterocycles. The quantitative estimate of drug-likeness (QED) is 0.707. The summed E-state index contributed by atoms with van der Waals surface area (Å²) in [5.41, 5.74) is 2.55. The molecular formula is C21H18ClN3O3. The van der Waals surface area contributed by atoms with Crippen molar-refractivity contribution in [1.82, 2.24) is 9.97 Å². The zero-order valence-electron chi connectivity index (χ0n) is 15.2. The SMILES string of the molecule is Cc1cc(Oc2ncccn2)ccc1NC(=O)C1COc2ccc(Cl)cc2C1. The van der Waals surface area contributed by atoms with E-state index in [0.717, 1.165) is 22.6 Å². The minimum Gasteiger partial charge on any atom is -0.492 e. The first-order chi connectivity index (χ1) is 13.6. The predicted octanol–water partition coefficient (Wildman–Crippen LogP) is 4.42. The molecule has 6 nitrogen and oxygen atoms in total. The zero-order chi connectivity index (χ0) is 19.5. The normalized spacial score (nSPS) is 15.3. The highest BCUT2D eigenvalue weighted by atomic mass is 35.5. The first kappa shape index (κ1) is 18.3. The molecule has 0 spiro atoms. The zero-order valence-corrected chi connectivity index (χ0v) is 15.9. The number of fused-ring (bicyclic) bond motifs is 1. The number of benzene rings is 2. The molecule has 1 aliphatic rings. The van der Waals surface area contributed by atoms with Gasteiger partial charge in [0.2, 0.25) is 5.91 Å². The van der Waals surface area contributed by atoms with Gasteiger partial charge in [-0.3, -0.25) is 4.79 Å². The lowest BCUT2D eigenvalue weighted by Gasteiger charge is -2.25. The van der Waals surface area contributed by atoms with Gasteiger partial charge in [0.15, 0.2) is 0 Å². The number of carbonyl (C=O) groups is 1. The Bertz CT molecular complexity index is 1010. The summed E-state index contributed by atoms with van der Waals surface area (Å²) in [4.78, 5) is 20.8. The Balaban J connectivity index is 1.43. The van der Waals surface area contributed by atoms with E-state index in [1.807, 2.05) is 25.1 Å². The molecule has 1 amide bonds. The Labute approximate surface area is 167 Å². The standard InChI is InChI=1S/C21H18ClN3O3/c1-13-9-17(28-21-23-7-2-8-24-21)4-5-18(13)25-20(26)15-10-14-11-16(22)3-6-19(14)27-12-15/h2-9,11,15H,10,12H2,1H3,(H,25,26). The van der Waals surface area contributed by atoms with Crippen molar-refractivity contribution in [3.05, 3.63) is 71.0 Å². The Morgan fingerprint density at radius 2 is 2.04 bits per heavy atom. The average molecular weight is 396 g/mol. The van der Waals surface area contributed by atoms with Crippen molar-refractivity contribution in [3.8, 4) is 17.5 Å². The van der Waals surface area contributed by atoms with Crippen molar-refractivity contribution in [2.75, 3.05) is 11.9 Å². The van der Waals surface area contributed by atoms with E-state index < -0.39 is 0 Å². The van der Waals surface area contributed by atoms with Gasteiger partial charge >= 0.3 is 6.01 Å². The molecular weight excluding hydrogens is 378 g/mol. The molecule has 142 valence electrons. The molecule has 0 aliphatic carbocycles. The largest absolute Gasteiger partial charge is 0.492 e. The number of amides is 1. The Kier molecular flexibility index (Phi) is 5.12. The smallest absolute Gasteiger partial charge is 0.321 e. The molecule has 28 heavy (non-hydrogen) atoms. The third-order valence-electron chi connectivity index (χ3n) is 4.51. The second-order valence-corrected chi connectivity index (χ2v) is 7.00. The third kappa shape index (κ3) is 4.07. The van der Waals surface area contributed by atoms with Crippen LogP contribution in [-0.4, -0.2) is 22.5 Å². The van der Waals surface area contributed by atoms with Crippen LogP contribution in [-0.2, 0) is 11.2 Å². The Morgan fingerprint density at radius 1 is 1.21 bits per heavy atom. The van der Waals surface area contributed by atoms with Crippen LogP contribution in [0.1, 0.15) is 11.1 Å². The summed E-state index contributed by atoms with van der Waals surface area (Å²) in [6.07, 6.45) is 3.82. The van der Waals surface area contributed by atoms with Crippen LogP contribution in [0.2, 0.25) is 5.02 Å². The minimum atomic E-state index is -0.279. The number of aryl methyl sites for hydroxylation is 1. The van der Waals surface area contributed by atoms with Crippen LogP contribution in [0.4, 0.5) is 5.69 Å². The second-order valence-electron chi connectivity index (χ2n) is 6.56. The number of anilines is 1. The van der Waals surface area contributed by atoms with E-state index >= 15 is 0 Å². The van der Waals surface area contributed by atoms with Gasteiger partial charge in [0.05, 0.1) is 5.92 Å². The maximum atomic E-state index is 12.7. The number of hydrogen-bond donors (Lipinski definition) is 1. The van der Waals surface area contributed by atoms with Crippen LogP contribution in [0.5, 0.6) is 17.5 Å². The molecule has 2 heterocycles. The highest BCUT2D eigenvalue weighted by Gasteiger charge is 2.26. The van der Waals surface area contributed by atoms with Gasteiger partial charge in [-0.15, -0.1) is 0 Å². The molecule has 1 N–H and O–H groups in total. The van der Waals surface area contributed by atoms with Gasteiger partial charge in [-0.1, -0.05) is 11.6 Å². The van der Waals surface area contributed by atoms with E-state index in [4.69, 9.17) is 21.1 Å². The average Bonchev–Trinajstić information content (AvgIpc) is 2.70. The molecule has 1 atom stereocenters. The van der Waals surface area contributed by atoms with Gasteiger partial charge in [0, 0.05) is 23.1 Å². The fourth-order valence-electron chi connectivity index (χ4n) is 3.05. The number of nitrogens with zero attached hydrogens (tertiary/aromatic N) is 2. The summed E-state index contributed by atoms with van der Waals surface area (Å²) in [5, 5.41) is 3.61. The summed E-state index contributed by atoms with van der Waals surface area (Å²) in [7, 11) is 0. The van der Waals surface area contributed by atoms with Gasteiger partial charge in [0.1, 0.15) is 18.1 Å². The number of ether oxygens (including phenoxy) is 2. The molecule has 0 saturated heterocycles. The summed E-state index contributed by atoms with van der Waals surface area (Å²) >= 11 is 6.05. The van der Waals surface area contributed by atoms with E-state index in [1.165, 1.54) is 0 Å². The van der Waals surface area contributed by atoms with E-state index in [2.05, 4.69) is 15.3 Å². The molecule has 4 rings (SSSR count). The summed E-state index contributed by atoms with van der Waals surface area (Å²) in [6, 6.07) is 12.9. The summed E-state index contributed by atoms with van der Waals surface area (Å²) < 4.78 is 11.3. The molecule has 1 unspecified atom stereocenters. The predicted molar refractivity (Wildman–Crippen MR) is 106 cm³/mol. The first-order valence-corrected chi connectivity index (χ1v) is 9.24. The number of hydrogen-bond acceptors (Lipinski definition) is 5. The summed E-state index contributed by atoms with van der Waals surface area (Å²) in [6.45, 7) is 2.24. The van der Waals surface area contributed by atoms with Crippen molar-refractivity contribution >= 4 is 23.2 Å². The summed E-state index contributed by atoms with van der Waals surface area (Å²) in [5.74, 6) is 1.02. The molecule has 0 fully saturated rings. The van der Waals surface area contributed by atoms with Crippen molar-refractivity contribution in [3.63, 3.8) is 0 Å². The number of nitrogens with one attached hydrogen (secondary N) is 1. The Hall–Kier alpha value is -3.12. The molecule has 7 heteroatoms. The van der Waals surface area contributed by atoms with Crippen molar-refractivity contribution < 1.29 is 14.3 Å². The fourth-order valence-corrected chi connectivity index (χ4v) is 3.24. The van der Waals surface area contributed by atoms with Crippen molar-refractivity contribution in [2.24, 2.45) is 5.92 Å². The lowest BCUT2D eigenvalue weighted by molar-refractivity contribution is -0.121. The highest BCUT2D eigenvalue weighted by molar-refractivity contribution is 6.30. The topological polar surface area (TPSA) is 73.3 Å². The number of halogens is 1. The minimum absolute atomic E-state index is 0.0891. The monoisotopic (exact) mass is 395 g/mol. The lowest BCUT2D eigenvalue weighted by Crippen LogP contribution is -2.32. The molecule has 1 aromatic heterocycles. The van der Waals surface area contributed by atoms with Crippen LogP contribution in [0, 0.1) is 12.8 Å². The van der Waals surface area contributed by atoms with E-state index in [0.29, 0.717) is 23.8 Å². The number of rotatable bonds is 4. The van der Waals surface area contributed by atoms with Crippen LogP contribution in [0.25, 0.3) is 0 Å². The molecule has 2 aromatic carbocycles. The van der Waals surface area contributed by atoms with E-state index in [-0.39, 0.29) is 17.8 Å². The van der Waals surface area contributed by atoms with Crippen LogP contribution in [0.3, 0.4) is 0 Å². The number of aromatic nitrogens is 2. The van der Waals surface area contributed by atoms with E-state index in [9.17, 15) is 4.79 Å². The maximum absolute atomic E-state index is 12.7. The second kappa shape index (κ2) is 7.86. The lowest BCUT2D eigenvalue weighted by atomic mass is 9.96. The third-order valence-corrected chi connectivity index (χ3v) is 4.74. The molecule has 0 radical (unpaired) electrons. The van der Waals surface area contributed by atoms with Crippen molar-refractivity contribution in [1.29, 1.82) is 0 Å².